The summed E-state index contributed by atoms with van der Waals surface area (Å²) < 4.78 is 15.1. The molecule has 2 rings (SSSR count). The Morgan fingerprint density at radius 1 is 1.23 bits per heavy atom. The van der Waals surface area contributed by atoms with Gasteiger partial charge in [0.15, 0.2) is 11.6 Å². The third-order valence-electron chi connectivity index (χ3n) is 3.71. The minimum atomic E-state index is -1.09. The molecule has 2 N–H and O–H groups in total. The molecule has 22 heavy (non-hydrogen) atoms. The number of nitrogens with one attached hydrogen (secondary N) is 1. The average Bonchev–Trinajstić information content (AvgIpc) is 2.54. The van der Waals surface area contributed by atoms with Gasteiger partial charge in [0.25, 0.3) is 0 Å². The van der Waals surface area contributed by atoms with Crippen LogP contribution in [0.5, 0.6) is 0 Å². The highest BCUT2D eigenvalue weighted by Gasteiger charge is 2.27. The van der Waals surface area contributed by atoms with E-state index in [0.29, 0.717) is 18.5 Å². The number of hydrogen-bond donors (Lipinski definition) is 2. The van der Waals surface area contributed by atoms with Crippen LogP contribution in [-0.4, -0.2) is 21.6 Å². The number of halogens is 2. The summed E-state index contributed by atoms with van der Waals surface area (Å²) in [6.07, 6.45) is 2.32. The number of benzene rings is 1. The third kappa shape index (κ3) is 3.62. The summed E-state index contributed by atoms with van der Waals surface area (Å²) in [6, 6.07) is 7.44. The Hall–Kier alpha value is -1.53. The Balaban J connectivity index is 2.19. The van der Waals surface area contributed by atoms with Crippen molar-refractivity contribution < 1.29 is 9.50 Å². The zero-order chi connectivity index (χ0) is 16.2. The maximum atomic E-state index is 14.1. The van der Waals surface area contributed by atoms with Crippen LogP contribution >= 0.6 is 15.9 Å². The van der Waals surface area contributed by atoms with Gasteiger partial charge in [0.1, 0.15) is 11.9 Å². The maximum absolute atomic E-state index is 14.1. The van der Waals surface area contributed by atoms with Gasteiger partial charge in [0.05, 0.1) is 5.69 Å². The van der Waals surface area contributed by atoms with Crippen LogP contribution in [0.4, 0.5) is 10.2 Å². The molecule has 1 aromatic carbocycles. The number of anilines is 1. The topological polar surface area (TPSA) is 58.0 Å². The summed E-state index contributed by atoms with van der Waals surface area (Å²) in [5.74, 6) is -0.338. The molecule has 0 fully saturated rings. The molecule has 1 aromatic heterocycles. The molecule has 0 radical (unpaired) electrons. The molecular weight excluding hydrogens is 349 g/mol. The number of nitrogens with zero attached hydrogens (tertiary/aromatic N) is 2. The second-order valence-electron chi connectivity index (χ2n) is 5.08. The lowest BCUT2D eigenvalue weighted by molar-refractivity contribution is 0.0462. The first-order valence-corrected chi connectivity index (χ1v) is 8.01. The molecule has 0 aliphatic heterocycles. The molecule has 1 unspecified atom stereocenters. The van der Waals surface area contributed by atoms with Crippen LogP contribution in [0.3, 0.4) is 0 Å². The van der Waals surface area contributed by atoms with Crippen molar-refractivity contribution in [3.63, 3.8) is 0 Å². The maximum Gasteiger partial charge on any atom is 0.186 e. The molecule has 0 aliphatic rings. The van der Waals surface area contributed by atoms with E-state index >= 15 is 0 Å². The molecule has 2 aromatic rings. The zero-order valence-electron chi connectivity index (χ0n) is 12.6. The van der Waals surface area contributed by atoms with Crippen molar-refractivity contribution in [2.45, 2.75) is 32.3 Å². The molecule has 1 heterocycles. The summed E-state index contributed by atoms with van der Waals surface area (Å²) in [4.78, 5) is 7.81. The summed E-state index contributed by atoms with van der Waals surface area (Å²) in [5, 5.41) is 13.7. The van der Waals surface area contributed by atoms with Gasteiger partial charge in [-0.05, 0) is 30.5 Å². The van der Waals surface area contributed by atoms with E-state index in [9.17, 15) is 9.50 Å². The van der Waals surface area contributed by atoms with Crippen molar-refractivity contribution in [2.75, 3.05) is 11.9 Å². The number of aliphatic hydroxyl groups is 1. The highest BCUT2D eigenvalue weighted by molar-refractivity contribution is 9.10. The van der Waals surface area contributed by atoms with E-state index in [1.807, 2.05) is 38.1 Å². The van der Waals surface area contributed by atoms with Gasteiger partial charge in [-0.25, -0.2) is 14.4 Å². The Morgan fingerprint density at radius 3 is 2.50 bits per heavy atom. The van der Waals surface area contributed by atoms with Crippen LogP contribution in [0.25, 0.3) is 0 Å². The Kier molecular flexibility index (Phi) is 5.47. The van der Waals surface area contributed by atoms with E-state index < -0.39 is 11.4 Å². The van der Waals surface area contributed by atoms with Crippen molar-refractivity contribution in [2.24, 2.45) is 0 Å². The minimum absolute atomic E-state index is 0.121. The van der Waals surface area contributed by atoms with Gasteiger partial charge in [-0.3, -0.25) is 0 Å². The quantitative estimate of drug-likeness (QED) is 0.817. The molecule has 0 saturated heterocycles. The molecule has 0 saturated carbocycles. The van der Waals surface area contributed by atoms with Gasteiger partial charge < -0.3 is 10.4 Å². The monoisotopic (exact) mass is 367 g/mol. The summed E-state index contributed by atoms with van der Waals surface area (Å²) in [6.45, 7) is 3.89. The Morgan fingerprint density at radius 2 is 1.91 bits per heavy atom. The smallest absolute Gasteiger partial charge is 0.186 e. The average molecular weight is 368 g/mol. The molecular formula is C16H19BrFN3O. The molecule has 0 aliphatic carbocycles. The number of aromatic nitrogens is 2. The fraction of sp³-hybridized carbons (Fsp3) is 0.375. The highest BCUT2D eigenvalue weighted by Crippen LogP contribution is 2.27. The lowest BCUT2D eigenvalue weighted by atomic mass is 9.91. The molecule has 4 nitrogen and oxygen atoms in total. The third-order valence-corrected chi connectivity index (χ3v) is 4.24. The van der Waals surface area contributed by atoms with Crippen LogP contribution < -0.4 is 5.32 Å². The second-order valence-corrected chi connectivity index (χ2v) is 6.00. The highest BCUT2D eigenvalue weighted by atomic mass is 79.9. The van der Waals surface area contributed by atoms with Crippen LogP contribution in [0.1, 0.15) is 31.5 Å². The summed E-state index contributed by atoms with van der Waals surface area (Å²) in [5.41, 5.74) is 0.0434. The first-order valence-electron chi connectivity index (χ1n) is 7.21. The standard InChI is InChI=1S/C16H19BrFN3O/c1-3-13-14(18)15(21-10-20-13)19-9-16(22,4-2)11-5-7-12(17)8-6-11/h5-8,10,22H,3-4,9H2,1-2H3,(H,19,20,21). The van der Waals surface area contributed by atoms with Crippen molar-refractivity contribution in [1.82, 2.24) is 9.97 Å². The van der Waals surface area contributed by atoms with Crippen LogP contribution in [0.15, 0.2) is 35.1 Å². The van der Waals surface area contributed by atoms with Crippen molar-refractivity contribution in [3.05, 3.63) is 52.1 Å². The van der Waals surface area contributed by atoms with Crippen molar-refractivity contribution in [1.29, 1.82) is 0 Å². The fourth-order valence-electron chi connectivity index (χ4n) is 2.20. The van der Waals surface area contributed by atoms with Crippen molar-refractivity contribution in [3.8, 4) is 0 Å². The SMILES string of the molecule is CCc1ncnc(NCC(O)(CC)c2ccc(Br)cc2)c1F. The van der Waals surface area contributed by atoms with Crippen molar-refractivity contribution >= 4 is 21.7 Å². The van der Waals surface area contributed by atoms with E-state index in [0.717, 1.165) is 10.0 Å². The first kappa shape index (κ1) is 16.8. The normalized spacial score (nSPS) is 13.7. The Labute approximate surface area is 137 Å². The summed E-state index contributed by atoms with van der Waals surface area (Å²) in [7, 11) is 0. The van der Waals surface area contributed by atoms with Gasteiger partial charge >= 0.3 is 0 Å². The zero-order valence-corrected chi connectivity index (χ0v) is 14.2. The van der Waals surface area contributed by atoms with Gasteiger partial charge in [0, 0.05) is 11.0 Å². The molecule has 0 bridgehead atoms. The van der Waals surface area contributed by atoms with E-state index in [1.165, 1.54) is 6.33 Å². The first-order chi connectivity index (χ1) is 10.5. The molecule has 0 spiro atoms. The lowest BCUT2D eigenvalue weighted by Gasteiger charge is -2.28. The lowest BCUT2D eigenvalue weighted by Crippen LogP contribution is -2.34. The van der Waals surface area contributed by atoms with Crippen LogP contribution in [0.2, 0.25) is 0 Å². The number of rotatable bonds is 6. The second kappa shape index (κ2) is 7.15. The molecule has 0 amide bonds. The number of aryl methyl sites for hydroxylation is 1. The molecule has 6 heteroatoms. The number of hydrogen-bond acceptors (Lipinski definition) is 4. The minimum Gasteiger partial charge on any atom is -0.383 e. The van der Waals surface area contributed by atoms with E-state index in [-0.39, 0.29) is 12.4 Å². The predicted octanol–water partition coefficient (Wildman–Crippen LogP) is 3.65. The van der Waals surface area contributed by atoms with Gasteiger partial charge in [-0.2, -0.15) is 0 Å². The van der Waals surface area contributed by atoms with Gasteiger partial charge in [-0.1, -0.05) is 41.9 Å². The van der Waals surface area contributed by atoms with E-state index in [1.54, 1.807) is 0 Å². The fourth-order valence-corrected chi connectivity index (χ4v) is 2.46. The summed E-state index contributed by atoms with van der Waals surface area (Å²) >= 11 is 3.37. The molecule has 118 valence electrons. The van der Waals surface area contributed by atoms with Crippen LogP contribution in [0, 0.1) is 5.82 Å². The van der Waals surface area contributed by atoms with Gasteiger partial charge in [0.2, 0.25) is 0 Å². The molecule has 1 atom stereocenters. The van der Waals surface area contributed by atoms with E-state index in [2.05, 4.69) is 31.2 Å². The predicted molar refractivity (Wildman–Crippen MR) is 88.2 cm³/mol. The van der Waals surface area contributed by atoms with Gasteiger partial charge in [-0.15, -0.1) is 0 Å². The van der Waals surface area contributed by atoms with Crippen LogP contribution in [-0.2, 0) is 12.0 Å². The van der Waals surface area contributed by atoms with E-state index in [4.69, 9.17) is 0 Å². The largest absolute Gasteiger partial charge is 0.383 e. The Bertz CT molecular complexity index is 636.